The Labute approximate surface area is 60.7 Å². The molecule has 0 atom stereocenters. The first-order chi connectivity index (χ1) is 3.80. The van der Waals surface area contributed by atoms with Crippen molar-refractivity contribution < 1.29 is 19.4 Å². The molecular weight excluding hydrogens is 268 g/mol. The summed E-state index contributed by atoms with van der Waals surface area (Å²) in [6, 6.07) is 0. The predicted octanol–water partition coefficient (Wildman–Crippen LogP) is 1.61. The third kappa shape index (κ3) is 1.26. The summed E-state index contributed by atoms with van der Waals surface area (Å²) in [6.45, 7) is 2.19. The molecule has 0 aromatic heterocycles. The van der Waals surface area contributed by atoms with Gasteiger partial charge in [-0.3, -0.25) is 0 Å². The molecule has 1 aliphatic rings. The summed E-state index contributed by atoms with van der Waals surface area (Å²) in [6.07, 6.45) is 7.68. The molecule has 0 heterocycles. The van der Waals surface area contributed by atoms with Gasteiger partial charge in [0.2, 0.25) is 0 Å². The Bertz CT molecular complexity index is 163. The van der Waals surface area contributed by atoms with E-state index in [0.717, 1.165) is 6.42 Å². The van der Waals surface area contributed by atoms with E-state index in [4.69, 9.17) is 0 Å². The van der Waals surface area contributed by atoms with E-state index in [1.54, 1.807) is 19.4 Å². The molecule has 42 valence electrons. The van der Waals surface area contributed by atoms with Crippen LogP contribution in [0.3, 0.4) is 0 Å². The molecule has 0 aliphatic heterocycles. The number of allylic oxidation sites excluding steroid dienone is 4. The van der Waals surface area contributed by atoms with Crippen molar-refractivity contribution in [3.8, 4) is 0 Å². The van der Waals surface area contributed by atoms with Crippen LogP contribution in [0.5, 0.6) is 0 Å². The summed E-state index contributed by atoms with van der Waals surface area (Å²) in [4.78, 5) is 0. The Morgan fingerprint density at radius 3 is 2.75 bits per heavy atom. The zero-order valence-corrected chi connectivity index (χ0v) is 7.78. The molecule has 0 amide bonds. The molecule has 1 aliphatic carbocycles. The van der Waals surface area contributed by atoms with Crippen LogP contribution in [0.4, 0.5) is 0 Å². The van der Waals surface area contributed by atoms with Gasteiger partial charge in [-0.05, 0) is 0 Å². The van der Waals surface area contributed by atoms with Gasteiger partial charge in [-0.1, -0.05) is 0 Å². The summed E-state index contributed by atoms with van der Waals surface area (Å²) in [7, 11) is 0. The molecule has 0 bridgehead atoms. The Morgan fingerprint density at radius 2 is 2.50 bits per heavy atom. The first-order valence-electron chi connectivity index (χ1n) is 2.67. The van der Waals surface area contributed by atoms with Crippen molar-refractivity contribution >= 4 is 3.90 Å². The topological polar surface area (TPSA) is 0 Å². The normalized spacial score (nSPS) is 16.4. The van der Waals surface area contributed by atoms with Crippen molar-refractivity contribution in [2.75, 3.05) is 0 Å². The van der Waals surface area contributed by atoms with Gasteiger partial charge in [-0.25, -0.2) is 0 Å². The van der Waals surface area contributed by atoms with Crippen molar-refractivity contribution in [2.24, 2.45) is 0 Å². The van der Waals surface area contributed by atoms with E-state index >= 15 is 0 Å². The van der Waals surface area contributed by atoms with Gasteiger partial charge >= 0.3 is 60.4 Å². The molecule has 0 aromatic carbocycles. The fourth-order valence-electron chi connectivity index (χ4n) is 0.708. The quantitative estimate of drug-likeness (QED) is 0.682. The fraction of sp³-hybridized carbons (Fsp3) is 0.286. The van der Waals surface area contributed by atoms with Gasteiger partial charge in [0.15, 0.2) is 0 Å². The summed E-state index contributed by atoms with van der Waals surface area (Å²) in [5.41, 5.74) is 1.51. The summed E-state index contributed by atoms with van der Waals surface area (Å²) in [5, 5.41) is 0. The van der Waals surface area contributed by atoms with Gasteiger partial charge in [-0.15, -0.1) is 0 Å². The molecule has 0 spiro atoms. The second-order valence-electron chi connectivity index (χ2n) is 1.88. The van der Waals surface area contributed by atoms with Gasteiger partial charge < -0.3 is 0 Å². The van der Waals surface area contributed by atoms with Crippen molar-refractivity contribution in [1.29, 1.82) is 0 Å². The van der Waals surface area contributed by atoms with Crippen molar-refractivity contribution in [1.82, 2.24) is 0 Å². The second kappa shape index (κ2) is 2.55. The summed E-state index contributed by atoms with van der Waals surface area (Å²) in [5.74, 6) is 0. The van der Waals surface area contributed by atoms with Crippen LogP contribution in [0.1, 0.15) is 13.3 Å². The van der Waals surface area contributed by atoms with Crippen molar-refractivity contribution in [3.63, 3.8) is 0 Å². The van der Waals surface area contributed by atoms with Gasteiger partial charge in [0, 0.05) is 0 Å². The average Bonchev–Trinajstić information content (AvgIpc) is 2.12. The zero-order valence-electron chi connectivity index (χ0n) is 4.85. The van der Waals surface area contributed by atoms with Crippen LogP contribution in [0.2, 0.25) is 0 Å². The summed E-state index contributed by atoms with van der Waals surface area (Å²) >= 11 is 1.59. The third-order valence-corrected chi connectivity index (χ3v) is 2.17. The van der Waals surface area contributed by atoms with E-state index in [2.05, 4.69) is 25.2 Å². The van der Waals surface area contributed by atoms with Gasteiger partial charge in [-0.2, -0.15) is 0 Å². The van der Waals surface area contributed by atoms with Crippen LogP contribution >= 0.6 is 0 Å². The fourth-order valence-corrected chi connectivity index (χ4v) is 1.25. The van der Waals surface area contributed by atoms with Crippen LogP contribution < -0.4 is 0 Å². The Morgan fingerprint density at radius 1 is 1.75 bits per heavy atom. The zero-order chi connectivity index (χ0) is 5.98. The van der Waals surface area contributed by atoms with Gasteiger partial charge in [0.1, 0.15) is 0 Å². The van der Waals surface area contributed by atoms with Crippen LogP contribution in [-0.4, -0.2) is 3.90 Å². The van der Waals surface area contributed by atoms with E-state index in [1.165, 1.54) is 9.47 Å². The van der Waals surface area contributed by atoms with Crippen LogP contribution in [-0.2, 0) is 19.4 Å². The van der Waals surface area contributed by atoms with Crippen molar-refractivity contribution in [2.45, 2.75) is 13.3 Å². The van der Waals surface area contributed by atoms with Crippen molar-refractivity contribution in [3.05, 3.63) is 23.8 Å². The average molecular weight is 276 g/mol. The first kappa shape index (κ1) is 6.16. The Kier molecular flexibility index (Phi) is 1.96. The first-order valence-corrected chi connectivity index (χ1v) is 4.14. The van der Waals surface area contributed by atoms with Gasteiger partial charge in [0.25, 0.3) is 0 Å². The Hall–Kier alpha value is 0.0383. The number of rotatable bonds is 1. The molecule has 0 nitrogen and oxygen atoms in total. The number of hydrogen-bond acceptors (Lipinski definition) is 0. The minimum atomic E-state index is 1.16. The molecule has 0 radical (unpaired) electrons. The molecule has 8 heavy (non-hydrogen) atoms. The van der Waals surface area contributed by atoms with Gasteiger partial charge in [0.05, 0.1) is 0 Å². The molecule has 1 heteroatoms. The molecule has 0 saturated heterocycles. The van der Waals surface area contributed by atoms with E-state index in [9.17, 15) is 0 Å². The summed E-state index contributed by atoms with van der Waals surface area (Å²) < 4.78 is 1.52. The number of hydrogen-bond donors (Lipinski definition) is 0. The maximum atomic E-state index is 2.20. The van der Waals surface area contributed by atoms with Crippen LogP contribution in [0.25, 0.3) is 0 Å². The molecular formula is C7H8W. The molecule has 0 fully saturated rings. The molecule has 0 saturated carbocycles. The predicted molar refractivity (Wildman–Crippen MR) is 32.5 cm³/mol. The van der Waals surface area contributed by atoms with Crippen LogP contribution in [0, 0.1) is 0 Å². The standard InChI is InChI=1S/C7H8.W/c1-2-7-5-3-4-6-7;/h3-5H,6H2,1H3;. The molecule has 0 unspecified atom stereocenters. The third-order valence-electron chi connectivity index (χ3n) is 1.22. The molecule has 0 aromatic rings. The maximum absolute atomic E-state index is 2.20. The second-order valence-corrected chi connectivity index (χ2v) is 4.08. The van der Waals surface area contributed by atoms with E-state index in [0.29, 0.717) is 0 Å². The minimum absolute atomic E-state index is 1.16. The van der Waals surface area contributed by atoms with E-state index in [1.807, 2.05) is 0 Å². The van der Waals surface area contributed by atoms with E-state index in [-0.39, 0.29) is 0 Å². The molecule has 0 N–H and O–H groups in total. The monoisotopic (exact) mass is 276 g/mol. The Balaban J connectivity index is 2.64. The van der Waals surface area contributed by atoms with Crippen LogP contribution in [0.15, 0.2) is 23.8 Å². The van der Waals surface area contributed by atoms with E-state index < -0.39 is 0 Å². The SMILES string of the molecule is C[C](=[W])C1=CC=CC1. The molecule has 1 rings (SSSR count).